The molecule has 0 unspecified atom stereocenters. The van der Waals surface area contributed by atoms with Gasteiger partial charge in [0.05, 0.1) is 6.04 Å². The fraction of sp³-hybridized carbons (Fsp3) is 0.278. The topological polar surface area (TPSA) is 61.8 Å². The number of carbonyl (C=O) groups is 1. The summed E-state index contributed by atoms with van der Waals surface area (Å²) in [5.74, 6) is 1.58. The third-order valence-electron chi connectivity index (χ3n) is 4.00. The number of rotatable bonds is 5. The Labute approximate surface area is 135 Å². The van der Waals surface area contributed by atoms with Gasteiger partial charge in [0.2, 0.25) is 0 Å². The van der Waals surface area contributed by atoms with E-state index in [0.717, 1.165) is 30.0 Å². The van der Waals surface area contributed by atoms with E-state index in [4.69, 9.17) is 9.84 Å². The molecule has 0 aromatic heterocycles. The fourth-order valence-corrected chi connectivity index (χ4v) is 2.80. The number of nitrogens with one attached hydrogen (secondary N) is 1. The smallest absolute Gasteiger partial charge is 0.407 e. The molecule has 0 bridgehead atoms. The van der Waals surface area contributed by atoms with Crippen LogP contribution in [0.25, 0.3) is 0 Å². The van der Waals surface area contributed by atoms with E-state index in [2.05, 4.69) is 5.32 Å². The Hall–Kier alpha value is -2.69. The Morgan fingerprint density at radius 1 is 1.13 bits per heavy atom. The summed E-state index contributed by atoms with van der Waals surface area (Å²) in [5.41, 5.74) is 0.961. The molecule has 1 atom stereocenters. The molecule has 1 aliphatic heterocycles. The number of hydrogen-bond donors (Lipinski definition) is 2. The molecule has 0 radical (unpaired) electrons. The van der Waals surface area contributed by atoms with Crippen molar-refractivity contribution in [2.75, 3.05) is 18.4 Å². The maximum atomic E-state index is 11.1. The van der Waals surface area contributed by atoms with Gasteiger partial charge < -0.3 is 20.1 Å². The van der Waals surface area contributed by atoms with E-state index in [1.54, 1.807) is 0 Å². The van der Waals surface area contributed by atoms with Crippen molar-refractivity contribution < 1.29 is 14.6 Å². The Morgan fingerprint density at radius 3 is 2.52 bits per heavy atom. The van der Waals surface area contributed by atoms with Crippen molar-refractivity contribution in [3.05, 3.63) is 54.6 Å². The molecule has 1 saturated heterocycles. The lowest BCUT2D eigenvalue weighted by Crippen LogP contribution is -2.38. The SMILES string of the molecule is O=C(O)N1CCC[C@@H]1CNc1ccc(Oc2ccccc2)cc1. The molecule has 23 heavy (non-hydrogen) atoms. The van der Waals surface area contributed by atoms with Crippen LogP contribution in [0.1, 0.15) is 12.8 Å². The Morgan fingerprint density at radius 2 is 1.83 bits per heavy atom. The first-order valence-electron chi connectivity index (χ1n) is 7.79. The van der Waals surface area contributed by atoms with Gasteiger partial charge in [-0.3, -0.25) is 0 Å². The number of para-hydroxylation sites is 1. The third kappa shape index (κ3) is 3.94. The normalized spacial score (nSPS) is 17.0. The van der Waals surface area contributed by atoms with Gasteiger partial charge in [-0.05, 0) is 49.2 Å². The molecule has 3 rings (SSSR count). The van der Waals surface area contributed by atoms with Crippen molar-refractivity contribution in [3.63, 3.8) is 0 Å². The predicted molar refractivity (Wildman–Crippen MR) is 89.2 cm³/mol. The number of carboxylic acid groups (broad SMARTS) is 1. The first-order valence-corrected chi connectivity index (χ1v) is 7.79. The third-order valence-corrected chi connectivity index (χ3v) is 4.00. The number of ether oxygens (including phenoxy) is 1. The Balaban J connectivity index is 1.54. The van der Waals surface area contributed by atoms with Crippen LogP contribution < -0.4 is 10.1 Å². The minimum absolute atomic E-state index is 0.0488. The highest BCUT2D eigenvalue weighted by Gasteiger charge is 2.27. The van der Waals surface area contributed by atoms with Gasteiger partial charge in [-0.1, -0.05) is 18.2 Å². The first kappa shape index (κ1) is 15.2. The summed E-state index contributed by atoms with van der Waals surface area (Å²) in [6.45, 7) is 1.26. The van der Waals surface area contributed by atoms with Gasteiger partial charge in [0, 0.05) is 18.8 Å². The molecular formula is C18H20N2O3. The van der Waals surface area contributed by atoms with E-state index in [1.807, 2.05) is 54.6 Å². The minimum Gasteiger partial charge on any atom is -0.465 e. The number of benzene rings is 2. The van der Waals surface area contributed by atoms with E-state index in [0.29, 0.717) is 13.1 Å². The lowest BCUT2D eigenvalue weighted by atomic mass is 10.2. The molecule has 1 heterocycles. The molecule has 2 aromatic carbocycles. The average Bonchev–Trinajstić information content (AvgIpc) is 3.04. The van der Waals surface area contributed by atoms with E-state index in [-0.39, 0.29) is 6.04 Å². The van der Waals surface area contributed by atoms with Crippen molar-refractivity contribution in [2.24, 2.45) is 0 Å². The van der Waals surface area contributed by atoms with Crippen molar-refractivity contribution >= 4 is 11.8 Å². The number of likely N-dealkylation sites (tertiary alicyclic amines) is 1. The van der Waals surface area contributed by atoms with Gasteiger partial charge in [-0.2, -0.15) is 0 Å². The van der Waals surface area contributed by atoms with Crippen LogP contribution in [0.3, 0.4) is 0 Å². The zero-order chi connectivity index (χ0) is 16.1. The molecule has 1 fully saturated rings. The maximum absolute atomic E-state index is 11.1. The molecule has 0 spiro atoms. The molecular weight excluding hydrogens is 292 g/mol. The molecule has 1 amide bonds. The van der Waals surface area contributed by atoms with Crippen LogP contribution in [0, 0.1) is 0 Å². The van der Waals surface area contributed by atoms with Gasteiger partial charge >= 0.3 is 6.09 Å². The zero-order valence-electron chi connectivity index (χ0n) is 12.8. The second kappa shape index (κ2) is 7.05. The monoisotopic (exact) mass is 312 g/mol. The van der Waals surface area contributed by atoms with Gasteiger partial charge in [0.25, 0.3) is 0 Å². The van der Waals surface area contributed by atoms with Crippen LogP contribution in [0.2, 0.25) is 0 Å². The van der Waals surface area contributed by atoms with Gasteiger partial charge in [0.15, 0.2) is 0 Å². The van der Waals surface area contributed by atoms with Gasteiger partial charge in [0.1, 0.15) is 11.5 Å². The lowest BCUT2D eigenvalue weighted by molar-refractivity contribution is 0.142. The second-order valence-corrected chi connectivity index (χ2v) is 5.59. The van der Waals surface area contributed by atoms with Crippen LogP contribution in [0.4, 0.5) is 10.5 Å². The Bertz CT molecular complexity index is 643. The number of hydrogen-bond acceptors (Lipinski definition) is 3. The van der Waals surface area contributed by atoms with E-state index in [1.165, 1.54) is 4.90 Å². The Kier molecular flexibility index (Phi) is 4.66. The quantitative estimate of drug-likeness (QED) is 0.875. The van der Waals surface area contributed by atoms with E-state index >= 15 is 0 Å². The second-order valence-electron chi connectivity index (χ2n) is 5.59. The summed E-state index contributed by atoms with van der Waals surface area (Å²) in [7, 11) is 0. The number of anilines is 1. The van der Waals surface area contributed by atoms with Gasteiger partial charge in [-0.25, -0.2) is 4.79 Å². The highest BCUT2D eigenvalue weighted by molar-refractivity contribution is 5.66. The molecule has 2 aromatic rings. The minimum atomic E-state index is -0.832. The molecule has 1 aliphatic rings. The summed E-state index contributed by atoms with van der Waals surface area (Å²) in [6, 6.07) is 17.4. The van der Waals surface area contributed by atoms with Gasteiger partial charge in [-0.15, -0.1) is 0 Å². The van der Waals surface area contributed by atoms with Crippen LogP contribution in [-0.4, -0.2) is 35.2 Å². The van der Waals surface area contributed by atoms with Crippen molar-refractivity contribution in [1.82, 2.24) is 4.90 Å². The highest BCUT2D eigenvalue weighted by Crippen LogP contribution is 2.23. The standard InChI is InChI=1S/C18H20N2O3/c21-18(22)20-12-4-5-15(20)13-19-14-8-10-17(11-9-14)23-16-6-2-1-3-7-16/h1-3,6-11,15,19H,4-5,12-13H2,(H,21,22)/t15-/m1/s1. The summed E-state index contributed by atoms with van der Waals surface area (Å²) < 4.78 is 5.75. The number of amides is 1. The largest absolute Gasteiger partial charge is 0.465 e. The first-order chi connectivity index (χ1) is 11.2. The molecule has 0 aliphatic carbocycles. The summed E-state index contributed by atoms with van der Waals surface area (Å²) in [6.07, 6.45) is 1.01. The zero-order valence-corrected chi connectivity index (χ0v) is 12.8. The molecule has 0 saturated carbocycles. The summed E-state index contributed by atoms with van der Waals surface area (Å²) >= 11 is 0. The fourth-order valence-electron chi connectivity index (χ4n) is 2.80. The molecule has 120 valence electrons. The van der Waals surface area contributed by atoms with Crippen LogP contribution in [-0.2, 0) is 0 Å². The maximum Gasteiger partial charge on any atom is 0.407 e. The predicted octanol–water partition coefficient (Wildman–Crippen LogP) is 4.03. The summed E-state index contributed by atoms with van der Waals surface area (Å²) in [5, 5.41) is 12.4. The van der Waals surface area contributed by atoms with Crippen molar-refractivity contribution in [2.45, 2.75) is 18.9 Å². The number of nitrogens with zero attached hydrogens (tertiary/aromatic N) is 1. The van der Waals surface area contributed by atoms with Crippen LogP contribution >= 0.6 is 0 Å². The molecule has 5 heteroatoms. The summed E-state index contributed by atoms with van der Waals surface area (Å²) in [4.78, 5) is 12.6. The van der Waals surface area contributed by atoms with E-state index < -0.39 is 6.09 Å². The van der Waals surface area contributed by atoms with E-state index in [9.17, 15) is 4.79 Å². The molecule has 5 nitrogen and oxygen atoms in total. The van der Waals surface area contributed by atoms with Crippen molar-refractivity contribution in [1.29, 1.82) is 0 Å². The highest BCUT2D eigenvalue weighted by atomic mass is 16.5. The van der Waals surface area contributed by atoms with Crippen LogP contribution in [0.15, 0.2) is 54.6 Å². The average molecular weight is 312 g/mol. The van der Waals surface area contributed by atoms with Crippen LogP contribution in [0.5, 0.6) is 11.5 Å². The van der Waals surface area contributed by atoms with Crippen molar-refractivity contribution in [3.8, 4) is 11.5 Å². The molecule has 2 N–H and O–H groups in total. The lowest BCUT2D eigenvalue weighted by Gasteiger charge is -2.22.